The molecule has 1 saturated heterocycles. The molecule has 3 rings (SSSR count). The number of esters is 1. The maximum absolute atomic E-state index is 13.2. The van der Waals surface area contributed by atoms with Crippen molar-refractivity contribution in [3.8, 4) is 0 Å². The summed E-state index contributed by atoms with van der Waals surface area (Å²) < 4.78 is 45.5. The Morgan fingerprint density at radius 3 is 2.50 bits per heavy atom. The fraction of sp³-hybridized carbons (Fsp3) is 0.333. The molecule has 1 aliphatic heterocycles. The number of benzene rings is 2. The Balaban J connectivity index is 1.72. The molecule has 0 saturated carbocycles. The zero-order chi connectivity index (χ0) is 23.5. The number of nitrogens with zero attached hydrogens (tertiary/aromatic N) is 1. The van der Waals surface area contributed by atoms with E-state index in [0.717, 1.165) is 37.5 Å². The molecular weight excluding hydrogens is 461 g/mol. The van der Waals surface area contributed by atoms with Gasteiger partial charge in [0.05, 0.1) is 21.2 Å². The van der Waals surface area contributed by atoms with Crippen LogP contribution in [0.1, 0.15) is 36.5 Å². The molecule has 1 unspecified atom stereocenters. The second-order valence-corrected chi connectivity index (χ2v) is 9.72. The van der Waals surface area contributed by atoms with Crippen LogP contribution in [0.2, 0.25) is 5.02 Å². The maximum Gasteiger partial charge on any atom is 0.341 e. The third-order valence-corrected chi connectivity index (χ3v) is 7.26. The smallest absolute Gasteiger partial charge is 0.341 e. The minimum atomic E-state index is -3.73. The number of sulfonamides is 1. The van der Waals surface area contributed by atoms with Crippen molar-refractivity contribution in [2.24, 2.45) is 0 Å². The Labute approximate surface area is 190 Å². The Bertz CT molecular complexity index is 1140. The molecule has 8 nitrogen and oxygen atoms in total. The fourth-order valence-electron chi connectivity index (χ4n) is 3.25. The lowest BCUT2D eigenvalue weighted by atomic mass is 10.2. The third-order valence-electron chi connectivity index (χ3n) is 5.04. The van der Waals surface area contributed by atoms with E-state index in [1.54, 1.807) is 0 Å². The zero-order valence-electron chi connectivity index (χ0n) is 17.3. The number of piperidine rings is 1. The normalized spacial score (nSPS) is 15.7. The second kappa shape index (κ2) is 9.85. The number of ether oxygens (including phenoxy) is 1. The summed E-state index contributed by atoms with van der Waals surface area (Å²) in [6, 6.07) is 7.20. The topological polar surface area (TPSA) is 119 Å². The highest BCUT2D eigenvalue weighted by Gasteiger charge is 2.27. The highest BCUT2D eigenvalue weighted by atomic mass is 35.5. The van der Waals surface area contributed by atoms with E-state index in [9.17, 15) is 22.4 Å². The first-order valence-electron chi connectivity index (χ1n) is 9.96. The minimum Gasteiger partial charge on any atom is -0.449 e. The largest absolute Gasteiger partial charge is 0.449 e. The van der Waals surface area contributed by atoms with Crippen LogP contribution >= 0.6 is 11.6 Å². The van der Waals surface area contributed by atoms with Crippen LogP contribution in [0.4, 0.5) is 15.8 Å². The molecule has 1 aliphatic rings. The maximum atomic E-state index is 13.2. The van der Waals surface area contributed by atoms with Crippen LogP contribution in [0.3, 0.4) is 0 Å². The van der Waals surface area contributed by atoms with Gasteiger partial charge in [-0.3, -0.25) is 4.79 Å². The van der Waals surface area contributed by atoms with Crippen molar-refractivity contribution in [2.75, 3.05) is 24.1 Å². The lowest BCUT2D eigenvalue weighted by molar-refractivity contribution is -0.123. The van der Waals surface area contributed by atoms with Gasteiger partial charge in [-0.25, -0.2) is 17.6 Å². The molecule has 3 N–H and O–H groups in total. The Morgan fingerprint density at radius 2 is 1.84 bits per heavy atom. The van der Waals surface area contributed by atoms with Crippen LogP contribution in [0, 0.1) is 5.82 Å². The second-order valence-electron chi connectivity index (χ2n) is 7.37. The van der Waals surface area contributed by atoms with Gasteiger partial charge in [0.1, 0.15) is 5.82 Å². The predicted molar refractivity (Wildman–Crippen MR) is 118 cm³/mol. The van der Waals surface area contributed by atoms with Crippen LogP contribution < -0.4 is 11.1 Å². The average molecular weight is 484 g/mol. The summed E-state index contributed by atoms with van der Waals surface area (Å²) in [5, 5.41) is 2.61. The van der Waals surface area contributed by atoms with E-state index < -0.39 is 33.8 Å². The van der Waals surface area contributed by atoms with Crippen molar-refractivity contribution < 1.29 is 27.1 Å². The van der Waals surface area contributed by atoms with Gasteiger partial charge in [0.2, 0.25) is 10.0 Å². The molecule has 1 amide bonds. The molecule has 0 aliphatic carbocycles. The van der Waals surface area contributed by atoms with E-state index in [1.807, 2.05) is 0 Å². The van der Waals surface area contributed by atoms with E-state index in [4.69, 9.17) is 22.1 Å². The van der Waals surface area contributed by atoms with Crippen molar-refractivity contribution in [1.82, 2.24) is 4.31 Å². The number of rotatable bonds is 6. The summed E-state index contributed by atoms with van der Waals surface area (Å²) in [7, 11) is -3.73. The zero-order valence-corrected chi connectivity index (χ0v) is 18.9. The van der Waals surface area contributed by atoms with Crippen molar-refractivity contribution in [3.63, 3.8) is 0 Å². The van der Waals surface area contributed by atoms with Gasteiger partial charge in [-0.05, 0) is 56.2 Å². The summed E-state index contributed by atoms with van der Waals surface area (Å²) in [4.78, 5) is 24.8. The van der Waals surface area contributed by atoms with E-state index >= 15 is 0 Å². The molecule has 0 aromatic heterocycles. The van der Waals surface area contributed by atoms with Gasteiger partial charge in [0.15, 0.2) is 6.10 Å². The number of amides is 1. The molecular formula is C21H23ClFN3O5S. The standard InChI is InChI=1S/C21H23ClFN3O5S/c1-13(31-21(28)16-7-5-14(23)11-18(16)24)20(27)25-19-12-15(6-8-17(19)22)32(29,30)26-9-3-2-4-10-26/h5-8,11-13H,2-4,9-10,24H2,1H3,(H,25,27). The number of anilines is 2. The van der Waals surface area contributed by atoms with Crippen molar-refractivity contribution in [1.29, 1.82) is 0 Å². The lowest BCUT2D eigenvalue weighted by Crippen LogP contribution is -2.35. The molecule has 1 atom stereocenters. The molecule has 0 spiro atoms. The molecule has 0 radical (unpaired) electrons. The molecule has 2 aromatic rings. The highest BCUT2D eigenvalue weighted by molar-refractivity contribution is 7.89. The van der Waals surface area contributed by atoms with Gasteiger partial charge in [-0.2, -0.15) is 4.31 Å². The first kappa shape index (κ1) is 24.0. The number of nitrogen functional groups attached to an aromatic ring is 1. The molecule has 1 fully saturated rings. The van der Waals surface area contributed by atoms with E-state index in [-0.39, 0.29) is 26.9 Å². The number of hydrogen-bond acceptors (Lipinski definition) is 6. The minimum absolute atomic E-state index is 0.00262. The van der Waals surface area contributed by atoms with Crippen LogP contribution in [0.5, 0.6) is 0 Å². The van der Waals surface area contributed by atoms with Crippen LogP contribution in [0.15, 0.2) is 41.3 Å². The van der Waals surface area contributed by atoms with Gasteiger partial charge < -0.3 is 15.8 Å². The van der Waals surface area contributed by atoms with Crippen molar-refractivity contribution in [3.05, 3.63) is 52.8 Å². The number of carbonyl (C=O) groups excluding carboxylic acids is 2. The molecule has 2 aromatic carbocycles. The Hall–Kier alpha value is -2.69. The third kappa shape index (κ3) is 5.37. The number of halogens is 2. The summed E-state index contributed by atoms with van der Waals surface area (Å²) in [5.41, 5.74) is 5.48. The quantitative estimate of drug-likeness (QED) is 0.480. The van der Waals surface area contributed by atoms with Gasteiger partial charge in [0, 0.05) is 18.8 Å². The van der Waals surface area contributed by atoms with Gasteiger partial charge in [0.25, 0.3) is 5.91 Å². The first-order chi connectivity index (χ1) is 15.1. The fourth-order valence-corrected chi connectivity index (χ4v) is 4.95. The van der Waals surface area contributed by atoms with Gasteiger partial charge in [-0.1, -0.05) is 18.0 Å². The van der Waals surface area contributed by atoms with Crippen molar-refractivity contribution >= 4 is 44.9 Å². The molecule has 172 valence electrons. The SMILES string of the molecule is CC(OC(=O)c1ccc(F)cc1N)C(=O)Nc1cc(S(=O)(=O)N2CCCCC2)ccc1Cl. The van der Waals surface area contributed by atoms with E-state index in [0.29, 0.717) is 13.1 Å². The molecule has 1 heterocycles. The lowest BCUT2D eigenvalue weighted by Gasteiger charge is -2.26. The summed E-state index contributed by atoms with van der Waals surface area (Å²) in [5.74, 6) is -2.25. The summed E-state index contributed by atoms with van der Waals surface area (Å²) >= 11 is 6.14. The summed E-state index contributed by atoms with van der Waals surface area (Å²) in [6.45, 7) is 2.20. The number of nitrogens with one attached hydrogen (secondary N) is 1. The van der Waals surface area contributed by atoms with Gasteiger partial charge >= 0.3 is 5.97 Å². The highest BCUT2D eigenvalue weighted by Crippen LogP contribution is 2.28. The van der Waals surface area contributed by atoms with Crippen LogP contribution in [0.25, 0.3) is 0 Å². The molecule has 0 bridgehead atoms. The number of carbonyl (C=O) groups is 2. The van der Waals surface area contributed by atoms with Crippen LogP contribution in [-0.4, -0.2) is 43.8 Å². The Morgan fingerprint density at radius 1 is 1.16 bits per heavy atom. The number of hydrogen-bond donors (Lipinski definition) is 2. The van der Waals surface area contributed by atoms with E-state index in [2.05, 4.69) is 5.32 Å². The number of nitrogens with two attached hydrogens (primary N) is 1. The predicted octanol–water partition coefficient (Wildman–Crippen LogP) is 3.42. The summed E-state index contributed by atoms with van der Waals surface area (Å²) in [6.07, 6.45) is 1.30. The molecule has 11 heteroatoms. The Kier molecular flexibility index (Phi) is 7.37. The molecule has 32 heavy (non-hydrogen) atoms. The van der Waals surface area contributed by atoms with Crippen LogP contribution in [-0.2, 0) is 19.6 Å². The monoisotopic (exact) mass is 483 g/mol. The van der Waals surface area contributed by atoms with Gasteiger partial charge in [-0.15, -0.1) is 0 Å². The van der Waals surface area contributed by atoms with E-state index in [1.165, 1.54) is 29.4 Å². The van der Waals surface area contributed by atoms with Crippen molar-refractivity contribution in [2.45, 2.75) is 37.2 Å². The first-order valence-corrected chi connectivity index (χ1v) is 11.8. The average Bonchev–Trinajstić information content (AvgIpc) is 2.75.